The summed E-state index contributed by atoms with van der Waals surface area (Å²) in [4.78, 5) is 88.7. The first-order valence-electron chi connectivity index (χ1n) is 23.2. The molecule has 7 rings (SSSR count). The number of ether oxygens (including phenoxy) is 3. The van der Waals surface area contributed by atoms with E-state index < -0.39 is 77.1 Å². The van der Waals surface area contributed by atoms with Gasteiger partial charge in [0.25, 0.3) is 5.91 Å². The van der Waals surface area contributed by atoms with Crippen LogP contribution in [-0.2, 0) is 69.0 Å². The molecular weight excluding hydrogens is 873 g/mol. The molecule has 0 spiro atoms. The Kier molecular flexibility index (Phi) is 14.9. The fourth-order valence-corrected chi connectivity index (χ4v) is 9.58. The van der Waals surface area contributed by atoms with Crippen molar-refractivity contribution in [3.63, 3.8) is 0 Å². The number of cyclic esters (lactones) is 1. The predicted molar refractivity (Wildman–Crippen MR) is 252 cm³/mol. The van der Waals surface area contributed by atoms with Gasteiger partial charge in [0.2, 0.25) is 17.7 Å². The number of nitrogens with one attached hydrogen (secondary N) is 3. The van der Waals surface area contributed by atoms with E-state index in [1.54, 1.807) is 39.3 Å². The summed E-state index contributed by atoms with van der Waals surface area (Å²) in [5.74, 6) is -3.74. The molecule has 3 aliphatic rings. The Morgan fingerprint density at radius 1 is 1.04 bits per heavy atom. The van der Waals surface area contributed by atoms with E-state index in [1.165, 1.54) is 36.0 Å². The number of carbonyl (C=O) groups excluding carboxylic acids is 6. The SMILES string of the molecule is CCn1c(-c2cnccc2COC)c2c3cc(ccc31)-c1cc(O)cc(c1)C[C@H](NC(=O)C(C(C)C)N(C)C(=O)CN(C)C(=O)[C@@H]1N[C@@H]1C(=O)OC)C(=O)N1CCC[C@H](N1)C(=O)OCC(C)(C)C2. The van der Waals surface area contributed by atoms with Crippen molar-refractivity contribution < 1.29 is 48.1 Å². The first kappa shape index (κ1) is 49.5. The molecule has 18 nitrogen and oxygen atoms in total. The Balaban J connectivity index is 1.26. The number of aryl methyl sites for hydroxylation is 1. The Bertz CT molecular complexity index is 2590. The van der Waals surface area contributed by atoms with Crippen LogP contribution in [0.25, 0.3) is 33.3 Å². The van der Waals surface area contributed by atoms with Crippen LogP contribution in [-0.4, -0.2) is 143 Å². The highest BCUT2D eigenvalue weighted by atomic mass is 16.5. The Morgan fingerprint density at radius 2 is 1.81 bits per heavy atom. The maximum absolute atomic E-state index is 14.7. The van der Waals surface area contributed by atoms with Crippen molar-refractivity contribution in [2.24, 2.45) is 11.3 Å². The van der Waals surface area contributed by atoms with Gasteiger partial charge in [0.1, 0.15) is 36.0 Å². The van der Waals surface area contributed by atoms with Crippen LogP contribution < -0.4 is 16.1 Å². The van der Waals surface area contributed by atoms with Gasteiger partial charge in [0, 0.05) is 75.0 Å². The van der Waals surface area contributed by atoms with Gasteiger partial charge in [-0.3, -0.25) is 44.1 Å². The monoisotopic (exact) mass is 936 g/mol. The van der Waals surface area contributed by atoms with Crippen molar-refractivity contribution in [1.82, 2.24) is 40.4 Å². The van der Waals surface area contributed by atoms with Gasteiger partial charge >= 0.3 is 11.9 Å². The molecule has 2 saturated heterocycles. The number of likely N-dealkylation sites (N-methyl/N-ethyl adjacent to an activating group) is 2. The number of methoxy groups -OCH3 is 2. The van der Waals surface area contributed by atoms with Crippen LogP contribution in [0.5, 0.6) is 5.75 Å². The van der Waals surface area contributed by atoms with Gasteiger partial charge < -0.3 is 39.0 Å². The van der Waals surface area contributed by atoms with Crippen molar-refractivity contribution in [3.8, 4) is 28.1 Å². The third kappa shape index (κ3) is 10.5. The Morgan fingerprint density at radius 3 is 2.51 bits per heavy atom. The topological polar surface area (TPSA) is 224 Å². The molecule has 0 radical (unpaired) electrons. The van der Waals surface area contributed by atoms with Crippen LogP contribution in [0.15, 0.2) is 54.9 Å². The number of amides is 4. The Hall–Kier alpha value is -6.37. The summed E-state index contributed by atoms with van der Waals surface area (Å²) in [5, 5.41) is 19.3. The van der Waals surface area contributed by atoms with E-state index in [9.17, 15) is 33.9 Å². The number of aromatic hydroxyl groups is 1. The number of carbonyl (C=O) groups is 6. The molecule has 4 N–H and O–H groups in total. The smallest absolute Gasteiger partial charge is 0.325 e. The molecule has 5 atom stereocenters. The highest BCUT2D eigenvalue weighted by Crippen LogP contribution is 2.41. The van der Waals surface area contributed by atoms with Gasteiger partial charge in [-0.25, -0.2) is 5.43 Å². The Labute approximate surface area is 396 Å². The van der Waals surface area contributed by atoms with Gasteiger partial charge in [-0.15, -0.1) is 0 Å². The summed E-state index contributed by atoms with van der Waals surface area (Å²) in [6.07, 6.45) is 4.97. The van der Waals surface area contributed by atoms with Crippen molar-refractivity contribution >= 4 is 46.5 Å². The summed E-state index contributed by atoms with van der Waals surface area (Å²) in [6, 6.07) is 8.46. The summed E-state index contributed by atoms with van der Waals surface area (Å²) in [5.41, 5.74) is 9.49. The fraction of sp³-hybridized carbons (Fsp3) is 0.500. The number of fused-ring (bicyclic) bond motifs is 6. The number of hydrazine groups is 1. The predicted octanol–water partition coefficient (Wildman–Crippen LogP) is 3.35. The minimum absolute atomic E-state index is 0.0421. The van der Waals surface area contributed by atoms with Crippen molar-refractivity contribution in [2.75, 3.05) is 48.0 Å². The molecule has 3 aliphatic heterocycles. The van der Waals surface area contributed by atoms with Crippen molar-refractivity contribution in [1.29, 1.82) is 0 Å². The second kappa shape index (κ2) is 20.5. The number of hydrogen-bond donors (Lipinski definition) is 4. The van der Waals surface area contributed by atoms with E-state index >= 15 is 0 Å². The fourth-order valence-electron chi connectivity index (χ4n) is 9.58. The molecule has 4 aromatic rings. The van der Waals surface area contributed by atoms with Gasteiger partial charge in [-0.05, 0) is 90.3 Å². The number of aromatic nitrogens is 2. The molecule has 1 unspecified atom stereocenters. The standard InChI is InChI=1S/C50H64N8O10/c1-10-57-39-14-13-30-22-34(39)35(44(57)36-24-51-16-15-31(36)26-66-8)23-50(4,5)27-68-48(64)37-12-11-17-58(54-37)46(62)38(20-29-18-32(30)21-33(59)19-29)52-45(61)43(28(2)3)56(7)40(60)25-55(6)47(63)41-42(53-41)49(65)67-9/h13-16,18-19,21-22,24,28,37-38,41-43,53-54,59H,10-12,17,20,23,25-27H2,1-9H3,(H,52,61)/t37-,38-,41+,42-,43?/m0/s1. The molecule has 2 aromatic heterocycles. The van der Waals surface area contributed by atoms with E-state index in [0.717, 1.165) is 38.9 Å². The molecule has 68 heavy (non-hydrogen) atoms. The number of phenols is 1. The molecule has 2 fully saturated rings. The number of benzene rings is 2. The number of rotatable bonds is 12. The van der Waals surface area contributed by atoms with Crippen molar-refractivity contribution in [3.05, 3.63) is 71.5 Å². The first-order chi connectivity index (χ1) is 32.4. The number of nitrogens with zero attached hydrogens (tertiary/aromatic N) is 5. The normalized spacial score (nSPS) is 20.8. The summed E-state index contributed by atoms with van der Waals surface area (Å²) < 4.78 is 18.7. The lowest BCUT2D eigenvalue weighted by Crippen LogP contribution is -2.62. The van der Waals surface area contributed by atoms with Gasteiger partial charge in [0.05, 0.1) is 32.6 Å². The lowest BCUT2D eigenvalue weighted by atomic mass is 9.84. The van der Waals surface area contributed by atoms with Gasteiger partial charge in [-0.1, -0.05) is 39.8 Å². The van der Waals surface area contributed by atoms with Crippen LogP contribution in [0.2, 0.25) is 0 Å². The molecule has 4 amide bonds. The number of hydrogen-bond acceptors (Lipinski definition) is 13. The zero-order valence-corrected chi connectivity index (χ0v) is 40.4. The number of pyridine rings is 1. The second-order valence-electron chi connectivity index (χ2n) is 19.2. The zero-order valence-electron chi connectivity index (χ0n) is 40.4. The van der Waals surface area contributed by atoms with E-state index in [2.05, 4.69) is 58.5 Å². The summed E-state index contributed by atoms with van der Waals surface area (Å²) in [6.45, 7) is 10.7. The zero-order chi connectivity index (χ0) is 49.2. The molecule has 18 heteroatoms. The van der Waals surface area contributed by atoms with Crippen LogP contribution in [0, 0.1) is 11.3 Å². The third-order valence-corrected chi connectivity index (χ3v) is 13.1. The highest BCUT2D eigenvalue weighted by Gasteiger charge is 2.50. The average Bonchev–Trinajstić information content (AvgIpc) is 4.06. The molecule has 0 aliphatic carbocycles. The number of phenolic OH excluding ortho intramolecular Hbond substituents is 1. The van der Waals surface area contributed by atoms with Crippen LogP contribution >= 0.6 is 0 Å². The molecule has 2 aromatic carbocycles. The minimum atomic E-state index is -1.22. The average molecular weight is 937 g/mol. The highest BCUT2D eigenvalue weighted by molar-refractivity contribution is 5.98. The first-order valence-corrected chi connectivity index (χ1v) is 23.2. The van der Waals surface area contributed by atoms with E-state index in [4.69, 9.17) is 14.2 Å². The molecule has 0 saturated carbocycles. The summed E-state index contributed by atoms with van der Waals surface area (Å²) >= 11 is 0. The van der Waals surface area contributed by atoms with Crippen LogP contribution in [0.4, 0.5) is 0 Å². The summed E-state index contributed by atoms with van der Waals surface area (Å²) in [7, 11) is 5.78. The quantitative estimate of drug-likeness (QED) is 0.118. The van der Waals surface area contributed by atoms with Gasteiger partial charge in [-0.2, -0.15) is 0 Å². The van der Waals surface area contributed by atoms with Crippen LogP contribution in [0.3, 0.4) is 0 Å². The maximum atomic E-state index is 14.7. The van der Waals surface area contributed by atoms with E-state index in [0.29, 0.717) is 43.5 Å². The van der Waals surface area contributed by atoms with Crippen molar-refractivity contribution in [2.45, 2.75) is 104 Å². The third-order valence-electron chi connectivity index (χ3n) is 13.1. The lowest BCUT2D eigenvalue weighted by Gasteiger charge is -2.37. The number of esters is 2. The largest absolute Gasteiger partial charge is 0.508 e. The molecule has 5 heterocycles. The molecular formula is C50H64N8O10. The van der Waals surface area contributed by atoms with E-state index in [-0.39, 0.29) is 31.9 Å². The van der Waals surface area contributed by atoms with E-state index in [1.807, 2.05) is 24.4 Å². The second-order valence-corrected chi connectivity index (χ2v) is 19.2. The molecule has 6 bridgehead atoms. The lowest BCUT2D eigenvalue weighted by molar-refractivity contribution is -0.155. The molecule has 364 valence electrons. The van der Waals surface area contributed by atoms with Crippen LogP contribution in [0.1, 0.15) is 64.2 Å². The maximum Gasteiger partial charge on any atom is 0.325 e. The van der Waals surface area contributed by atoms with Gasteiger partial charge in [0.15, 0.2) is 0 Å². The minimum Gasteiger partial charge on any atom is -0.508 e.